The van der Waals surface area contributed by atoms with E-state index in [4.69, 9.17) is 20.6 Å². The predicted molar refractivity (Wildman–Crippen MR) is 109 cm³/mol. The van der Waals surface area contributed by atoms with E-state index >= 15 is 0 Å². The van der Waals surface area contributed by atoms with Crippen LogP contribution in [0.3, 0.4) is 0 Å². The molecular formula is C16H21ClN6O4S. The summed E-state index contributed by atoms with van der Waals surface area (Å²) < 4.78 is 10.3. The van der Waals surface area contributed by atoms with Gasteiger partial charge in [0.1, 0.15) is 5.69 Å². The van der Waals surface area contributed by atoms with Gasteiger partial charge in [-0.25, -0.2) is 4.98 Å². The first kappa shape index (κ1) is 23.0. The number of rotatable bonds is 8. The Balaban J connectivity index is 0.00000392. The van der Waals surface area contributed by atoms with Crippen molar-refractivity contribution in [2.45, 2.75) is 0 Å². The summed E-state index contributed by atoms with van der Waals surface area (Å²) in [5, 5.41) is 16.7. The minimum Gasteiger partial charge on any atom is -0.493 e. The van der Waals surface area contributed by atoms with E-state index < -0.39 is 0 Å². The van der Waals surface area contributed by atoms with Crippen molar-refractivity contribution in [2.24, 2.45) is 5.73 Å². The number of methoxy groups -OCH3 is 2. The van der Waals surface area contributed by atoms with Crippen LogP contribution in [-0.2, 0) is 0 Å². The number of ether oxygens (including phenoxy) is 2. The molecule has 10 nitrogen and oxygen atoms in total. The number of thiazole rings is 1. The standard InChI is InChI=1S/C16H20N6O4S.ClH/c1-25-11-4-3-9(7-12(11)26-2)13(23)22-16-21-10(8-27-16)14(24)19-5-6-20-15(17)18;/h3-4,7-8H,5-6H2,1-2H3,(H,19,24)(H4,17,18,20)(H,21,22,23);1H. The molecule has 0 bridgehead atoms. The van der Waals surface area contributed by atoms with Crippen LogP contribution in [0.4, 0.5) is 5.13 Å². The van der Waals surface area contributed by atoms with E-state index in [0.717, 1.165) is 11.3 Å². The van der Waals surface area contributed by atoms with Gasteiger partial charge in [0.25, 0.3) is 11.8 Å². The Hall–Kier alpha value is -3.05. The number of halogens is 1. The summed E-state index contributed by atoms with van der Waals surface area (Å²) in [5.41, 5.74) is 5.70. The van der Waals surface area contributed by atoms with Crippen molar-refractivity contribution in [3.05, 3.63) is 34.8 Å². The number of carbonyl (C=O) groups is 2. The SMILES string of the molecule is COc1ccc(C(=O)Nc2nc(C(=O)NCCNC(=N)N)cs2)cc1OC.Cl. The lowest BCUT2D eigenvalue weighted by Gasteiger charge is -2.09. The molecule has 0 aliphatic carbocycles. The second-order valence-electron chi connectivity index (χ2n) is 5.16. The Morgan fingerprint density at radius 3 is 2.46 bits per heavy atom. The molecule has 2 amide bonds. The molecule has 0 saturated heterocycles. The zero-order valence-electron chi connectivity index (χ0n) is 15.2. The number of nitrogens with zero attached hydrogens (tertiary/aromatic N) is 1. The highest BCUT2D eigenvalue weighted by molar-refractivity contribution is 7.14. The third kappa shape index (κ3) is 6.28. The fourth-order valence-corrected chi connectivity index (χ4v) is 2.73. The number of aromatic nitrogens is 1. The number of hydrogen-bond donors (Lipinski definition) is 5. The summed E-state index contributed by atoms with van der Waals surface area (Å²) in [5.74, 6) is 0.00856. The minimum absolute atomic E-state index is 0. The van der Waals surface area contributed by atoms with Gasteiger partial charge in [0.2, 0.25) is 0 Å². The fraction of sp³-hybridized carbons (Fsp3) is 0.250. The first-order chi connectivity index (χ1) is 12.9. The van der Waals surface area contributed by atoms with Crippen molar-refractivity contribution in [3.8, 4) is 11.5 Å². The molecule has 0 aliphatic rings. The molecule has 28 heavy (non-hydrogen) atoms. The van der Waals surface area contributed by atoms with Crippen molar-refractivity contribution in [2.75, 3.05) is 32.6 Å². The third-order valence-electron chi connectivity index (χ3n) is 3.33. The van der Waals surface area contributed by atoms with Gasteiger partial charge >= 0.3 is 0 Å². The van der Waals surface area contributed by atoms with E-state index in [1.807, 2.05) is 0 Å². The number of amides is 2. The van der Waals surface area contributed by atoms with Crippen LogP contribution in [0.25, 0.3) is 0 Å². The van der Waals surface area contributed by atoms with Crippen LogP contribution in [0.1, 0.15) is 20.8 Å². The van der Waals surface area contributed by atoms with Gasteiger partial charge in [-0.3, -0.25) is 20.3 Å². The van der Waals surface area contributed by atoms with E-state index in [2.05, 4.69) is 20.9 Å². The summed E-state index contributed by atoms with van der Waals surface area (Å²) in [6.45, 7) is 0.609. The Kier molecular flexibility index (Phi) is 8.99. The Morgan fingerprint density at radius 1 is 1.14 bits per heavy atom. The quantitative estimate of drug-likeness (QED) is 0.239. The monoisotopic (exact) mass is 428 g/mol. The number of nitrogens with one attached hydrogen (secondary N) is 4. The number of anilines is 1. The maximum absolute atomic E-state index is 12.4. The highest BCUT2D eigenvalue weighted by Gasteiger charge is 2.15. The number of nitrogens with two attached hydrogens (primary N) is 1. The van der Waals surface area contributed by atoms with Gasteiger partial charge in [0.05, 0.1) is 14.2 Å². The average molecular weight is 429 g/mol. The molecule has 0 atom stereocenters. The zero-order valence-corrected chi connectivity index (χ0v) is 16.8. The van der Waals surface area contributed by atoms with E-state index in [1.54, 1.807) is 18.2 Å². The van der Waals surface area contributed by atoms with Gasteiger partial charge in [0.15, 0.2) is 22.6 Å². The number of carbonyl (C=O) groups excluding carboxylic acids is 2. The molecule has 6 N–H and O–H groups in total. The molecule has 0 fully saturated rings. The first-order valence-electron chi connectivity index (χ1n) is 7.79. The average Bonchev–Trinajstić information content (AvgIpc) is 3.12. The van der Waals surface area contributed by atoms with Gasteiger partial charge in [0, 0.05) is 24.0 Å². The smallest absolute Gasteiger partial charge is 0.270 e. The van der Waals surface area contributed by atoms with E-state index in [9.17, 15) is 9.59 Å². The minimum atomic E-state index is -0.386. The molecule has 0 radical (unpaired) electrons. The van der Waals surface area contributed by atoms with Crippen LogP contribution in [0.15, 0.2) is 23.6 Å². The highest BCUT2D eigenvalue weighted by Crippen LogP contribution is 2.28. The maximum Gasteiger partial charge on any atom is 0.270 e. The lowest BCUT2D eigenvalue weighted by atomic mass is 10.2. The molecule has 152 valence electrons. The molecule has 0 unspecified atom stereocenters. The van der Waals surface area contributed by atoms with Crippen LogP contribution < -0.4 is 31.2 Å². The van der Waals surface area contributed by atoms with Crippen molar-refractivity contribution in [1.29, 1.82) is 5.41 Å². The molecule has 2 aromatic rings. The molecular weight excluding hydrogens is 408 g/mol. The summed E-state index contributed by atoms with van der Waals surface area (Å²) in [7, 11) is 2.99. The lowest BCUT2D eigenvalue weighted by molar-refractivity contribution is 0.0948. The highest BCUT2D eigenvalue weighted by atomic mass is 35.5. The Bertz CT molecular complexity index is 844. The van der Waals surface area contributed by atoms with Gasteiger partial charge in [-0.1, -0.05) is 0 Å². The van der Waals surface area contributed by atoms with Gasteiger partial charge < -0.3 is 25.8 Å². The van der Waals surface area contributed by atoms with E-state index in [0.29, 0.717) is 28.7 Å². The predicted octanol–water partition coefficient (Wildman–Crippen LogP) is 1.05. The summed E-state index contributed by atoms with van der Waals surface area (Å²) in [4.78, 5) is 28.4. The molecule has 0 spiro atoms. The van der Waals surface area contributed by atoms with Crippen molar-refractivity contribution in [1.82, 2.24) is 15.6 Å². The number of guanidine groups is 1. The zero-order chi connectivity index (χ0) is 19.8. The maximum atomic E-state index is 12.4. The molecule has 0 aliphatic heterocycles. The van der Waals surface area contributed by atoms with Crippen molar-refractivity contribution >= 4 is 46.6 Å². The molecule has 1 aromatic heterocycles. The first-order valence-corrected chi connectivity index (χ1v) is 8.67. The topological polar surface area (TPSA) is 151 Å². The normalized spacial score (nSPS) is 9.64. The second-order valence-corrected chi connectivity index (χ2v) is 6.02. The van der Waals surface area contributed by atoms with Gasteiger partial charge in [-0.2, -0.15) is 0 Å². The molecule has 1 heterocycles. The Morgan fingerprint density at radius 2 is 1.82 bits per heavy atom. The van der Waals surface area contributed by atoms with Crippen molar-refractivity contribution in [3.63, 3.8) is 0 Å². The molecule has 0 saturated carbocycles. The largest absolute Gasteiger partial charge is 0.493 e. The van der Waals surface area contributed by atoms with Crippen molar-refractivity contribution < 1.29 is 19.1 Å². The second kappa shape index (κ2) is 10.9. The molecule has 12 heteroatoms. The summed E-state index contributed by atoms with van der Waals surface area (Å²) in [6.07, 6.45) is 0. The Labute approximate surface area is 171 Å². The fourth-order valence-electron chi connectivity index (χ4n) is 2.05. The van der Waals surface area contributed by atoms with E-state index in [1.165, 1.54) is 19.6 Å². The lowest BCUT2D eigenvalue weighted by Crippen LogP contribution is -2.37. The van der Waals surface area contributed by atoms with E-state index in [-0.39, 0.29) is 42.4 Å². The summed E-state index contributed by atoms with van der Waals surface area (Å²) in [6, 6.07) is 4.78. The van der Waals surface area contributed by atoms with Crippen LogP contribution in [0.5, 0.6) is 11.5 Å². The molecule has 2 rings (SSSR count). The van der Waals surface area contributed by atoms with Crippen LogP contribution in [-0.4, -0.2) is 50.1 Å². The number of hydrogen-bond acceptors (Lipinski definition) is 7. The van der Waals surface area contributed by atoms with Crippen LogP contribution >= 0.6 is 23.7 Å². The third-order valence-corrected chi connectivity index (χ3v) is 4.09. The number of benzene rings is 1. The van der Waals surface area contributed by atoms with Crippen LogP contribution in [0, 0.1) is 5.41 Å². The van der Waals surface area contributed by atoms with Gasteiger partial charge in [-0.15, -0.1) is 23.7 Å². The molecule has 1 aromatic carbocycles. The summed E-state index contributed by atoms with van der Waals surface area (Å²) >= 11 is 1.13. The van der Waals surface area contributed by atoms with Gasteiger partial charge in [-0.05, 0) is 18.2 Å². The van der Waals surface area contributed by atoms with Crippen LogP contribution in [0.2, 0.25) is 0 Å².